The molecule has 0 aliphatic carbocycles. The van der Waals surface area contributed by atoms with E-state index in [2.05, 4.69) is 22.9 Å². The zero-order chi connectivity index (χ0) is 11.3. The van der Waals surface area contributed by atoms with Gasteiger partial charge in [-0.25, -0.2) is 4.39 Å². The Bertz CT molecular complexity index is 314. The van der Waals surface area contributed by atoms with Gasteiger partial charge < -0.3 is 4.74 Å². The minimum atomic E-state index is -0.282. The molecule has 1 rings (SSSR count). The predicted molar refractivity (Wildman–Crippen MR) is 64.0 cm³/mol. The molecule has 1 aromatic rings. The normalized spacial score (nSPS) is 12.5. The highest BCUT2D eigenvalue weighted by Gasteiger charge is 2.11. The largest absolute Gasteiger partial charge is 0.487 e. The summed E-state index contributed by atoms with van der Waals surface area (Å²) in [7, 11) is 0. The first-order chi connectivity index (χ1) is 7.19. The molecule has 0 aromatic heterocycles. The molecule has 0 saturated carbocycles. The van der Waals surface area contributed by atoms with E-state index in [1.54, 1.807) is 6.07 Å². The van der Waals surface area contributed by atoms with E-state index in [0.29, 0.717) is 11.1 Å². The molecule has 1 unspecified atom stereocenters. The van der Waals surface area contributed by atoms with Crippen LogP contribution in [0.4, 0.5) is 4.39 Å². The molecule has 0 amide bonds. The average molecular weight is 275 g/mol. The SMILES string of the molecule is CCCC(C)Oc1c(F)cccc1CBr. The van der Waals surface area contributed by atoms with Gasteiger partial charge in [-0.3, -0.25) is 0 Å². The highest BCUT2D eigenvalue weighted by molar-refractivity contribution is 9.08. The Balaban J connectivity index is 2.82. The van der Waals surface area contributed by atoms with Gasteiger partial charge in [0, 0.05) is 10.9 Å². The lowest BCUT2D eigenvalue weighted by molar-refractivity contribution is 0.199. The van der Waals surface area contributed by atoms with Crippen LogP contribution in [0, 0.1) is 5.82 Å². The van der Waals surface area contributed by atoms with Crippen molar-refractivity contribution in [1.82, 2.24) is 0 Å². The second-order valence-corrected chi connectivity index (χ2v) is 4.14. The van der Waals surface area contributed by atoms with Gasteiger partial charge >= 0.3 is 0 Å². The summed E-state index contributed by atoms with van der Waals surface area (Å²) in [6, 6.07) is 5.00. The molecule has 15 heavy (non-hydrogen) atoms. The van der Waals surface area contributed by atoms with E-state index in [4.69, 9.17) is 4.74 Å². The topological polar surface area (TPSA) is 9.23 Å². The Labute approximate surface area is 98.8 Å². The molecule has 1 nitrogen and oxygen atoms in total. The molecule has 1 atom stereocenters. The summed E-state index contributed by atoms with van der Waals surface area (Å²) in [4.78, 5) is 0. The summed E-state index contributed by atoms with van der Waals surface area (Å²) < 4.78 is 19.1. The second kappa shape index (κ2) is 6.11. The number of benzene rings is 1. The highest BCUT2D eigenvalue weighted by Crippen LogP contribution is 2.26. The van der Waals surface area contributed by atoms with Crippen molar-refractivity contribution in [3.63, 3.8) is 0 Å². The van der Waals surface area contributed by atoms with Gasteiger partial charge in [-0.1, -0.05) is 41.4 Å². The van der Waals surface area contributed by atoms with Gasteiger partial charge in [0.1, 0.15) is 0 Å². The summed E-state index contributed by atoms with van der Waals surface area (Å²) in [5.74, 6) is 0.102. The van der Waals surface area contributed by atoms with Crippen LogP contribution in [-0.2, 0) is 5.33 Å². The molecular formula is C12H16BrFO. The number of para-hydroxylation sites is 1. The van der Waals surface area contributed by atoms with Crippen LogP contribution in [0.2, 0.25) is 0 Å². The minimum absolute atomic E-state index is 0.0599. The van der Waals surface area contributed by atoms with Crippen molar-refractivity contribution in [1.29, 1.82) is 0 Å². The Morgan fingerprint density at radius 2 is 2.20 bits per heavy atom. The van der Waals surface area contributed by atoms with E-state index >= 15 is 0 Å². The van der Waals surface area contributed by atoms with Crippen molar-refractivity contribution < 1.29 is 9.13 Å². The van der Waals surface area contributed by atoms with Crippen LogP contribution in [0.5, 0.6) is 5.75 Å². The quantitative estimate of drug-likeness (QED) is 0.728. The van der Waals surface area contributed by atoms with Crippen molar-refractivity contribution in [3.05, 3.63) is 29.6 Å². The molecule has 0 N–H and O–H groups in total. The lowest BCUT2D eigenvalue weighted by atomic mass is 10.2. The number of ether oxygens (including phenoxy) is 1. The first-order valence-corrected chi connectivity index (χ1v) is 6.31. The van der Waals surface area contributed by atoms with Crippen molar-refractivity contribution in [3.8, 4) is 5.75 Å². The van der Waals surface area contributed by atoms with Gasteiger partial charge in [0.15, 0.2) is 11.6 Å². The van der Waals surface area contributed by atoms with Crippen molar-refractivity contribution in [2.75, 3.05) is 0 Å². The van der Waals surface area contributed by atoms with Crippen LogP contribution in [0.3, 0.4) is 0 Å². The van der Waals surface area contributed by atoms with Crippen LogP contribution in [-0.4, -0.2) is 6.10 Å². The van der Waals surface area contributed by atoms with Crippen molar-refractivity contribution in [2.45, 2.75) is 38.1 Å². The van der Waals surface area contributed by atoms with E-state index in [1.807, 2.05) is 13.0 Å². The zero-order valence-electron chi connectivity index (χ0n) is 9.09. The second-order valence-electron chi connectivity index (χ2n) is 3.58. The molecule has 0 aliphatic heterocycles. The van der Waals surface area contributed by atoms with Crippen LogP contribution in [0.15, 0.2) is 18.2 Å². The van der Waals surface area contributed by atoms with Gasteiger partial charge in [0.05, 0.1) is 6.10 Å². The minimum Gasteiger partial charge on any atom is -0.487 e. The summed E-state index contributed by atoms with van der Waals surface area (Å²) in [5.41, 5.74) is 0.859. The summed E-state index contributed by atoms with van der Waals surface area (Å²) in [5, 5.41) is 0.610. The van der Waals surface area contributed by atoms with Crippen molar-refractivity contribution in [2.24, 2.45) is 0 Å². The molecule has 0 spiro atoms. The standard InChI is InChI=1S/C12H16BrFO/c1-3-5-9(2)15-12-10(8-13)6-4-7-11(12)14/h4,6-7,9H,3,5,8H2,1-2H3. The Morgan fingerprint density at radius 3 is 2.80 bits per heavy atom. The molecule has 84 valence electrons. The lowest BCUT2D eigenvalue weighted by Gasteiger charge is -2.16. The number of hydrogen-bond donors (Lipinski definition) is 0. The molecule has 0 aliphatic rings. The molecule has 3 heteroatoms. The van der Waals surface area contributed by atoms with E-state index < -0.39 is 0 Å². The Morgan fingerprint density at radius 1 is 1.47 bits per heavy atom. The first kappa shape index (κ1) is 12.5. The van der Waals surface area contributed by atoms with Gasteiger partial charge in [-0.05, 0) is 19.4 Å². The predicted octanol–water partition coefficient (Wildman–Crippen LogP) is 4.29. The first-order valence-electron chi connectivity index (χ1n) is 5.19. The van der Waals surface area contributed by atoms with Crippen molar-refractivity contribution >= 4 is 15.9 Å². The molecule has 0 heterocycles. The fourth-order valence-electron chi connectivity index (χ4n) is 1.46. The van der Waals surface area contributed by atoms with Crippen LogP contribution < -0.4 is 4.74 Å². The molecular weight excluding hydrogens is 259 g/mol. The molecule has 1 aromatic carbocycles. The van der Waals surface area contributed by atoms with E-state index in [1.165, 1.54) is 6.07 Å². The maximum absolute atomic E-state index is 13.5. The fraction of sp³-hybridized carbons (Fsp3) is 0.500. The van der Waals surface area contributed by atoms with E-state index in [0.717, 1.165) is 18.4 Å². The molecule has 0 bridgehead atoms. The lowest BCUT2D eigenvalue weighted by Crippen LogP contribution is -2.13. The monoisotopic (exact) mass is 274 g/mol. The number of rotatable bonds is 5. The third-order valence-electron chi connectivity index (χ3n) is 2.21. The smallest absolute Gasteiger partial charge is 0.165 e. The summed E-state index contributed by atoms with van der Waals surface area (Å²) >= 11 is 3.32. The van der Waals surface area contributed by atoms with Gasteiger partial charge in [-0.2, -0.15) is 0 Å². The number of alkyl halides is 1. The average Bonchev–Trinajstić information content (AvgIpc) is 2.21. The van der Waals surface area contributed by atoms with Crippen LogP contribution in [0.1, 0.15) is 32.3 Å². The third-order valence-corrected chi connectivity index (χ3v) is 2.81. The third kappa shape index (κ3) is 3.49. The maximum Gasteiger partial charge on any atom is 0.165 e. The zero-order valence-corrected chi connectivity index (χ0v) is 10.7. The van der Waals surface area contributed by atoms with Gasteiger partial charge in [-0.15, -0.1) is 0 Å². The summed E-state index contributed by atoms with van der Waals surface area (Å²) in [6.45, 7) is 4.06. The highest BCUT2D eigenvalue weighted by atomic mass is 79.9. The van der Waals surface area contributed by atoms with Gasteiger partial charge in [0.25, 0.3) is 0 Å². The maximum atomic E-state index is 13.5. The van der Waals surface area contributed by atoms with Crippen LogP contribution >= 0.6 is 15.9 Å². The fourth-order valence-corrected chi connectivity index (χ4v) is 1.90. The van der Waals surface area contributed by atoms with E-state index in [-0.39, 0.29) is 11.9 Å². The Hall–Kier alpha value is -0.570. The number of halogens is 2. The molecule has 0 fully saturated rings. The van der Waals surface area contributed by atoms with E-state index in [9.17, 15) is 4.39 Å². The molecule has 0 saturated heterocycles. The summed E-state index contributed by atoms with van der Waals surface area (Å²) in [6.07, 6.45) is 2.04. The molecule has 0 radical (unpaired) electrons. The van der Waals surface area contributed by atoms with Crippen LogP contribution in [0.25, 0.3) is 0 Å². The number of hydrogen-bond acceptors (Lipinski definition) is 1. The van der Waals surface area contributed by atoms with Gasteiger partial charge in [0.2, 0.25) is 0 Å². The Kier molecular flexibility index (Phi) is 5.09.